The average Bonchev–Trinajstić information content (AvgIpc) is 3.34. The van der Waals surface area contributed by atoms with Crippen LogP contribution in [0.5, 0.6) is 23.0 Å². The van der Waals surface area contributed by atoms with Gasteiger partial charge in [-0.2, -0.15) is 4.98 Å². The van der Waals surface area contributed by atoms with Crippen molar-refractivity contribution in [3.05, 3.63) is 66.7 Å². The summed E-state index contributed by atoms with van der Waals surface area (Å²) in [6.45, 7) is 3.17. The second kappa shape index (κ2) is 9.82. The fraction of sp³-hybridized carbons (Fsp3) is 0.192. The molecule has 0 radical (unpaired) electrons. The third-order valence-electron chi connectivity index (χ3n) is 5.44. The zero-order valence-corrected chi connectivity index (χ0v) is 20.5. The topological polar surface area (TPSA) is 109 Å². The minimum Gasteiger partial charge on any atom is -0.496 e. The molecule has 1 N–H and O–H groups in total. The van der Waals surface area contributed by atoms with Crippen molar-refractivity contribution in [2.75, 3.05) is 32.2 Å². The zero-order valence-electron chi connectivity index (χ0n) is 19.7. The molecular formula is C26H24N2O7S. The Kier molecular flexibility index (Phi) is 6.43. The van der Waals surface area contributed by atoms with Crippen molar-refractivity contribution in [2.45, 2.75) is 16.8 Å². The first-order valence-electron chi connectivity index (χ1n) is 11.3. The summed E-state index contributed by atoms with van der Waals surface area (Å²) in [4.78, 5) is 4.40. The molecule has 0 bridgehead atoms. The van der Waals surface area contributed by atoms with Gasteiger partial charge in [0.2, 0.25) is 26.6 Å². The lowest BCUT2D eigenvalue weighted by Crippen LogP contribution is -2.16. The van der Waals surface area contributed by atoms with Gasteiger partial charge < -0.3 is 28.7 Å². The van der Waals surface area contributed by atoms with E-state index in [1.165, 1.54) is 19.2 Å². The van der Waals surface area contributed by atoms with Crippen molar-refractivity contribution in [2.24, 2.45) is 0 Å². The van der Waals surface area contributed by atoms with Gasteiger partial charge in [-0.15, -0.1) is 0 Å². The quantitative estimate of drug-likeness (QED) is 0.348. The van der Waals surface area contributed by atoms with Crippen molar-refractivity contribution < 1.29 is 31.8 Å². The summed E-state index contributed by atoms with van der Waals surface area (Å²) in [6, 6.07) is 18.6. The smallest absolute Gasteiger partial charge is 0.238 e. The molecule has 0 spiro atoms. The Labute approximate surface area is 208 Å². The van der Waals surface area contributed by atoms with Crippen molar-refractivity contribution in [1.82, 2.24) is 4.98 Å². The van der Waals surface area contributed by atoms with Gasteiger partial charge in [-0.1, -0.05) is 12.1 Å². The van der Waals surface area contributed by atoms with E-state index >= 15 is 0 Å². The standard InChI is InChI=1S/C26H24N2O7S/c1-3-32-18-10-8-17(9-11-18)27-25-26(28-24(35-25)20-6-4-5-7-21(20)31-2)36(29,30)19-12-13-22-23(16-19)34-15-14-33-22/h4-13,16,27H,3,14-15H2,1-2H3. The van der Waals surface area contributed by atoms with Crippen LogP contribution < -0.4 is 24.3 Å². The van der Waals surface area contributed by atoms with Crippen LogP contribution in [0.4, 0.5) is 11.6 Å². The van der Waals surface area contributed by atoms with Crippen LogP contribution in [0.1, 0.15) is 6.92 Å². The number of benzene rings is 3. The highest BCUT2D eigenvalue weighted by molar-refractivity contribution is 7.91. The Morgan fingerprint density at radius 1 is 0.972 bits per heavy atom. The summed E-state index contributed by atoms with van der Waals surface area (Å²) >= 11 is 0. The summed E-state index contributed by atoms with van der Waals surface area (Å²) in [5.41, 5.74) is 1.11. The molecule has 9 nitrogen and oxygen atoms in total. The lowest BCUT2D eigenvalue weighted by Gasteiger charge is -2.18. The van der Waals surface area contributed by atoms with Crippen LogP contribution in [0.2, 0.25) is 0 Å². The van der Waals surface area contributed by atoms with Crippen LogP contribution in [0.25, 0.3) is 11.5 Å². The van der Waals surface area contributed by atoms with Gasteiger partial charge in [-0.25, -0.2) is 8.42 Å². The number of anilines is 2. The molecule has 0 saturated carbocycles. The van der Waals surface area contributed by atoms with Gasteiger partial charge in [0, 0.05) is 11.8 Å². The van der Waals surface area contributed by atoms with Crippen LogP contribution in [-0.4, -0.2) is 40.3 Å². The van der Waals surface area contributed by atoms with Gasteiger partial charge in [0.05, 0.1) is 24.2 Å². The largest absolute Gasteiger partial charge is 0.496 e. The highest BCUT2D eigenvalue weighted by atomic mass is 32.2. The third kappa shape index (κ3) is 4.55. The number of oxazole rings is 1. The predicted octanol–water partition coefficient (Wildman–Crippen LogP) is 5.10. The molecule has 0 fully saturated rings. The molecule has 1 aromatic heterocycles. The minimum atomic E-state index is -4.12. The molecule has 0 atom stereocenters. The molecule has 1 aliphatic rings. The van der Waals surface area contributed by atoms with Gasteiger partial charge in [-0.3, -0.25) is 0 Å². The first kappa shape index (κ1) is 23.6. The number of fused-ring (bicyclic) bond motifs is 1. The van der Waals surface area contributed by atoms with Crippen molar-refractivity contribution in [3.8, 4) is 34.5 Å². The van der Waals surface area contributed by atoms with E-state index in [0.717, 1.165) is 0 Å². The lowest BCUT2D eigenvalue weighted by molar-refractivity contribution is 0.171. The Hall–Kier alpha value is -4.18. The van der Waals surface area contributed by atoms with Crippen molar-refractivity contribution >= 4 is 21.4 Å². The molecule has 10 heteroatoms. The van der Waals surface area contributed by atoms with Crippen molar-refractivity contribution in [3.63, 3.8) is 0 Å². The SMILES string of the molecule is CCOc1ccc(Nc2oc(-c3ccccc3OC)nc2S(=O)(=O)c2ccc3c(c2)OCCO3)cc1. The zero-order chi connectivity index (χ0) is 25.1. The Morgan fingerprint density at radius 3 is 2.47 bits per heavy atom. The summed E-state index contributed by atoms with van der Waals surface area (Å²) in [7, 11) is -2.59. The second-order valence-electron chi connectivity index (χ2n) is 7.74. The molecule has 2 heterocycles. The van der Waals surface area contributed by atoms with E-state index in [2.05, 4.69) is 10.3 Å². The first-order valence-corrected chi connectivity index (χ1v) is 12.8. The number of sulfone groups is 1. The van der Waals surface area contributed by atoms with E-state index in [-0.39, 0.29) is 21.7 Å². The maximum atomic E-state index is 13.8. The molecule has 1 aliphatic heterocycles. The van der Waals surface area contributed by atoms with Crippen LogP contribution in [0, 0.1) is 0 Å². The monoisotopic (exact) mass is 508 g/mol. The molecule has 36 heavy (non-hydrogen) atoms. The molecule has 3 aromatic carbocycles. The fourth-order valence-electron chi connectivity index (χ4n) is 3.74. The molecule has 186 valence electrons. The van der Waals surface area contributed by atoms with E-state index < -0.39 is 9.84 Å². The molecule has 4 aromatic rings. The number of nitrogens with zero attached hydrogens (tertiary/aromatic N) is 1. The molecular weight excluding hydrogens is 484 g/mol. The molecule has 0 saturated heterocycles. The molecule has 5 rings (SSSR count). The van der Waals surface area contributed by atoms with Crippen LogP contribution >= 0.6 is 0 Å². The summed E-state index contributed by atoms with van der Waals surface area (Å²) in [5.74, 6) is 2.10. The fourth-order valence-corrected chi connectivity index (χ4v) is 5.01. The number of aromatic nitrogens is 1. The van der Waals surface area contributed by atoms with E-state index in [0.29, 0.717) is 54.1 Å². The maximum Gasteiger partial charge on any atom is 0.238 e. The molecule has 0 unspecified atom stereocenters. The Bertz CT molecular complexity index is 1480. The van der Waals surface area contributed by atoms with Crippen molar-refractivity contribution in [1.29, 1.82) is 0 Å². The molecule has 0 aliphatic carbocycles. The summed E-state index contributed by atoms with van der Waals surface area (Å²) in [6.07, 6.45) is 0. The van der Waals surface area contributed by atoms with Gasteiger partial charge in [0.1, 0.15) is 24.7 Å². The van der Waals surface area contributed by atoms with Crippen LogP contribution in [-0.2, 0) is 9.84 Å². The van der Waals surface area contributed by atoms with Gasteiger partial charge >= 0.3 is 0 Å². The highest BCUT2D eigenvalue weighted by Crippen LogP contribution is 2.39. The summed E-state index contributed by atoms with van der Waals surface area (Å²) in [5, 5.41) is 2.78. The third-order valence-corrected chi connectivity index (χ3v) is 7.10. The summed E-state index contributed by atoms with van der Waals surface area (Å²) < 4.78 is 55.5. The Balaban J connectivity index is 1.59. The lowest BCUT2D eigenvalue weighted by atomic mass is 10.2. The highest BCUT2D eigenvalue weighted by Gasteiger charge is 2.31. The predicted molar refractivity (Wildman–Crippen MR) is 132 cm³/mol. The number of methoxy groups -OCH3 is 1. The number of para-hydroxylation sites is 1. The van der Waals surface area contributed by atoms with Gasteiger partial charge in [-0.05, 0) is 55.5 Å². The van der Waals surface area contributed by atoms with E-state index in [4.69, 9.17) is 23.4 Å². The van der Waals surface area contributed by atoms with Gasteiger partial charge in [0.25, 0.3) is 0 Å². The number of ether oxygens (including phenoxy) is 4. The molecule has 0 amide bonds. The van der Waals surface area contributed by atoms with E-state index in [1.54, 1.807) is 54.6 Å². The first-order chi connectivity index (χ1) is 17.5. The number of nitrogens with one attached hydrogen (secondary N) is 1. The number of hydrogen-bond donors (Lipinski definition) is 1. The second-order valence-corrected chi connectivity index (χ2v) is 9.61. The van der Waals surface area contributed by atoms with Gasteiger partial charge in [0.15, 0.2) is 11.5 Å². The van der Waals surface area contributed by atoms with Crippen LogP contribution in [0.3, 0.4) is 0 Å². The van der Waals surface area contributed by atoms with E-state index in [1.807, 2.05) is 6.92 Å². The minimum absolute atomic E-state index is 0.00127. The van der Waals surface area contributed by atoms with E-state index in [9.17, 15) is 8.42 Å². The average molecular weight is 509 g/mol. The normalized spacial score (nSPS) is 12.7. The Morgan fingerprint density at radius 2 is 1.72 bits per heavy atom. The van der Waals surface area contributed by atoms with Crippen LogP contribution in [0.15, 0.2) is 81.1 Å². The number of hydrogen-bond acceptors (Lipinski definition) is 9. The maximum absolute atomic E-state index is 13.8. The number of rotatable bonds is 8.